The maximum Gasteiger partial charge on any atom is 0.126 e. The number of rotatable bonds is 8. The number of hydrogen-bond donors (Lipinski definition) is 1. The van der Waals surface area contributed by atoms with E-state index >= 15 is 0 Å². The fourth-order valence-corrected chi connectivity index (χ4v) is 2.61. The van der Waals surface area contributed by atoms with Gasteiger partial charge in [-0.2, -0.15) is 0 Å². The SMILES string of the molecule is CCCCC(N)c1nc2cc(OCCC)ccc2n1CC. The third-order valence-corrected chi connectivity index (χ3v) is 3.74. The molecule has 0 aliphatic carbocycles. The highest BCUT2D eigenvalue weighted by molar-refractivity contribution is 5.78. The number of ether oxygens (including phenoxy) is 1. The molecule has 4 nitrogen and oxygen atoms in total. The van der Waals surface area contributed by atoms with Crippen molar-refractivity contribution in [1.82, 2.24) is 9.55 Å². The molecule has 1 atom stereocenters. The number of fused-ring (bicyclic) bond motifs is 1. The number of nitrogens with two attached hydrogens (primary N) is 1. The number of unbranched alkanes of at least 4 members (excludes halogenated alkanes) is 1. The van der Waals surface area contributed by atoms with E-state index in [2.05, 4.69) is 31.4 Å². The quantitative estimate of drug-likeness (QED) is 0.798. The molecule has 1 aromatic heterocycles. The predicted molar refractivity (Wildman–Crippen MR) is 87.6 cm³/mol. The lowest BCUT2D eigenvalue weighted by Gasteiger charge is -2.12. The van der Waals surface area contributed by atoms with Gasteiger partial charge in [-0.15, -0.1) is 0 Å². The van der Waals surface area contributed by atoms with Gasteiger partial charge < -0.3 is 15.0 Å². The molecule has 4 heteroatoms. The average molecular weight is 289 g/mol. The Morgan fingerprint density at radius 3 is 2.71 bits per heavy atom. The number of nitrogens with zero attached hydrogens (tertiary/aromatic N) is 2. The lowest BCUT2D eigenvalue weighted by molar-refractivity contribution is 0.318. The van der Waals surface area contributed by atoms with Crippen molar-refractivity contribution in [3.05, 3.63) is 24.0 Å². The fraction of sp³-hybridized carbons (Fsp3) is 0.588. The summed E-state index contributed by atoms with van der Waals surface area (Å²) in [5.41, 5.74) is 8.45. The average Bonchev–Trinajstić information content (AvgIpc) is 2.88. The van der Waals surface area contributed by atoms with Crippen LogP contribution in [0.2, 0.25) is 0 Å². The topological polar surface area (TPSA) is 53.1 Å². The summed E-state index contributed by atoms with van der Waals surface area (Å²) in [6, 6.07) is 6.14. The highest BCUT2D eigenvalue weighted by atomic mass is 16.5. The maximum atomic E-state index is 6.32. The van der Waals surface area contributed by atoms with Gasteiger partial charge in [-0.3, -0.25) is 0 Å². The molecule has 0 saturated carbocycles. The first kappa shape index (κ1) is 15.8. The third-order valence-electron chi connectivity index (χ3n) is 3.74. The Morgan fingerprint density at radius 1 is 1.24 bits per heavy atom. The van der Waals surface area contributed by atoms with Gasteiger partial charge in [0, 0.05) is 12.6 Å². The first-order valence-electron chi connectivity index (χ1n) is 8.09. The number of benzene rings is 1. The molecule has 1 aromatic carbocycles. The van der Waals surface area contributed by atoms with Crippen molar-refractivity contribution in [2.45, 2.75) is 59.0 Å². The molecule has 2 aromatic rings. The molecule has 0 spiro atoms. The Kier molecular flexibility index (Phi) is 5.62. The van der Waals surface area contributed by atoms with Crippen LogP contribution in [-0.2, 0) is 6.54 Å². The minimum Gasteiger partial charge on any atom is -0.494 e. The first-order chi connectivity index (χ1) is 10.2. The molecule has 116 valence electrons. The van der Waals surface area contributed by atoms with E-state index in [1.807, 2.05) is 12.1 Å². The summed E-state index contributed by atoms with van der Waals surface area (Å²) >= 11 is 0. The van der Waals surface area contributed by atoms with Gasteiger partial charge in [0.2, 0.25) is 0 Å². The van der Waals surface area contributed by atoms with Crippen molar-refractivity contribution in [2.24, 2.45) is 5.73 Å². The van der Waals surface area contributed by atoms with E-state index in [9.17, 15) is 0 Å². The van der Waals surface area contributed by atoms with E-state index in [0.29, 0.717) is 0 Å². The zero-order valence-corrected chi connectivity index (χ0v) is 13.4. The lowest BCUT2D eigenvalue weighted by Crippen LogP contribution is -2.16. The Labute approximate surface area is 127 Å². The standard InChI is InChI=1S/C17H27N3O/c1-4-7-8-14(18)17-19-15-12-13(21-11-5-2)9-10-16(15)20(17)6-3/h9-10,12,14H,4-8,11,18H2,1-3H3. The van der Waals surface area contributed by atoms with Gasteiger partial charge in [-0.1, -0.05) is 26.7 Å². The van der Waals surface area contributed by atoms with Crippen LogP contribution in [0.1, 0.15) is 58.3 Å². The second kappa shape index (κ2) is 7.46. The van der Waals surface area contributed by atoms with Crippen LogP contribution in [0.3, 0.4) is 0 Å². The van der Waals surface area contributed by atoms with Crippen LogP contribution in [0, 0.1) is 0 Å². The fourth-order valence-electron chi connectivity index (χ4n) is 2.61. The normalized spacial score (nSPS) is 12.8. The van der Waals surface area contributed by atoms with E-state index in [4.69, 9.17) is 15.5 Å². The van der Waals surface area contributed by atoms with Gasteiger partial charge in [-0.05, 0) is 31.9 Å². The summed E-state index contributed by atoms with van der Waals surface area (Å²) < 4.78 is 7.91. The van der Waals surface area contributed by atoms with Crippen LogP contribution < -0.4 is 10.5 Å². The minimum atomic E-state index is 0.0114. The van der Waals surface area contributed by atoms with Gasteiger partial charge in [0.1, 0.15) is 11.6 Å². The molecule has 0 saturated heterocycles. The second-order valence-electron chi connectivity index (χ2n) is 5.46. The number of aryl methyl sites for hydroxylation is 1. The van der Waals surface area contributed by atoms with Gasteiger partial charge in [0.15, 0.2) is 0 Å². The molecular weight excluding hydrogens is 262 g/mol. The molecule has 0 aliphatic rings. The molecule has 2 N–H and O–H groups in total. The van der Waals surface area contributed by atoms with E-state index in [1.165, 1.54) is 0 Å². The van der Waals surface area contributed by atoms with E-state index in [1.54, 1.807) is 0 Å². The van der Waals surface area contributed by atoms with E-state index in [0.717, 1.165) is 61.4 Å². The molecule has 0 aliphatic heterocycles. The molecule has 0 bridgehead atoms. The summed E-state index contributed by atoms with van der Waals surface area (Å²) in [5.74, 6) is 1.88. The highest BCUT2D eigenvalue weighted by Crippen LogP contribution is 2.26. The number of aromatic nitrogens is 2. The van der Waals surface area contributed by atoms with Gasteiger partial charge in [-0.25, -0.2) is 4.98 Å². The second-order valence-corrected chi connectivity index (χ2v) is 5.46. The minimum absolute atomic E-state index is 0.0114. The number of imidazole rings is 1. The van der Waals surface area contributed by atoms with Crippen LogP contribution in [0.15, 0.2) is 18.2 Å². The van der Waals surface area contributed by atoms with Crippen molar-refractivity contribution in [3.8, 4) is 5.75 Å². The zero-order valence-electron chi connectivity index (χ0n) is 13.4. The molecule has 2 rings (SSSR count). The summed E-state index contributed by atoms with van der Waals surface area (Å²) in [5, 5.41) is 0. The third kappa shape index (κ3) is 3.56. The number of hydrogen-bond acceptors (Lipinski definition) is 3. The molecular formula is C17H27N3O. The van der Waals surface area contributed by atoms with Gasteiger partial charge in [0.25, 0.3) is 0 Å². The molecule has 1 heterocycles. The van der Waals surface area contributed by atoms with Crippen LogP contribution in [-0.4, -0.2) is 16.2 Å². The summed E-state index contributed by atoms with van der Waals surface area (Å²) in [6.45, 7) is 8.06. The molecule has 0 amide bonds. The zero-order chi connectivity index (χ0) is 15.2. The van der Waals surface area contributed by atoms with Gasteiger partial charge >= 0.3 is 0 Å². The van der Waals surface area contributed by atoms with Crippen LogP contribution in [0.25, 0.3) is 11.0 Å². The van der Waals surface area contributed by atoms with Crippen LogP contribution >= 0.6 is 0 Å². The smallest absolute Gasteiger partial charge is 0.126 e. The Morgan fingerprint density at radius 2 is 2.05 bits per heavy atom. The van der Waals surface area contributed by atoms with Crippen molar-refractivity contribution in [3.63, 3.8) is 0 Å². The molecule has 21 heavy (non-hydrogen) atoms. The first-order valence-corrected chi connectivity index (χ1v) is 8.09. The Bertz CT molecular complexity index is 577. The van der Waals surface area contributed by atoms with Gasteiger partial charge in [0.05, 0.1) is 23.7 Å². The summed E-state index contributed by atoms with van der Waals surface area (Å²) in [4.78, 5) is 4.76. The van der Waals surface area contributed by atoms with Crippen molar-refractivity contribution in [1.29, 1.82) is 0 Å². The summed E-state index contributed by atoms with van der Waals surface area (Å²) in [6.07, 6.45) is 4.29. The van der Waals surface area contributed by atoms with Crippen LogP contribution in [0.5, 0.6) is 5.75 Å². The predicted octanol–water partition coefficient (Wildman–Crippen LogP) is 4.04. The maximum absolute atomic E-state index is 6.32. The van der Waals surface area contributed by atoms with E-state index < -0.39 is 0 Å². The van der Waals surface area contributed by atoms with Crippen molar-refractivity contribution < 1.29 is 4.74 Å². The lowest BCUT2D eigenvalue weighted by atomic mass is 10.1. The van der Waals surface area contributed by atoms with Crippen molar-refractivity contribution in [2.75, 3.05) is 6.61 Å². The van der Waals surface area contributed by atoms with Crippen molar-refractivity contribution >= 4 is 11.0 Å². The van der Waals surface area contributed by atoms with Crippen LogP contribution in [0.4, 0.5) is 0 Å². The Balaban J connectivity index is 2.33. The highest BCUT2D eigenvalue weighted by Gasteiger charge is 2.16. The molecule has 0 fully saturated rings. The van der Waals surface area contributed by atoms with E-state index in [-0.39, 0.29) is 6.04 Å². The molecule has 0 radical (unpaired) electrons. The largest absolute Gasteiger partial charge is 0.494 e. The summed E-state index contributed by atoms with van der Waals surface area (Å²) in [7, 11) is 0. The Hall–Kier alpha value is -1.55. The molecule has 1 unspecified atom stereocenters. The monoisotopic (exact) mass is 289 g/mol.